The number of hydrogen-bond acceptors (Lipinski definition) is 5. The van der Waals surface area contributed by atoms with Crippen molar-refractivity contribution in [3.05, 3.63) is 75.5 Å². The Morgan fingerprint density at radius 2 is 1.96 bits per heavy atom. The topological polar surface area (TPSA) is 69.9 Å². The van der Waals surface area contributed by atoms with Crippen LogP contribution in [0.3, 0.4) is 0 Å². The molecule has 3 aromatic rings. The normalized spacial score (nSPS) is 16.1. The first kappa shape index (κ1) is 18.3. The number of ether oxygens (including phenoxy) is 1. The van der Waals surface area contributed by atoms with Crippen molar-refractivity contribution in [1.29, 1.82) is 0 Å². The summed E-state index contributed by atoms with van der Waals surface area (Å²) < 4.78 is 7.24. The number of nitrogens with zero attached hydrogens (tertiary/aromatic N) is 4. The fraction of sp³-hybridized carbons (Fsp3) is 0.364. The Bertz CT molecular complexity index is 1040. The van der Waals surface area contributed by atoms with E-state index in [4.69, 9.17) is 4.74 Å². The fourth-order valence-electron chi connectivity index (χ4n) is 3.92. The van der Waals surface area contributed by atoms with Crippen LogP contribution in [-0.2, 0) is 12.8 Å². The van der Waals surface area contributed by atoms with Gasteiger partial charge in [0.05, 0.1) is 12.3 Å². The molecule has 1 aliphatic rings. The third-order valence-corrected chi connectivity index (χ3v) is 5.25. The first-order valence-electron chi connectivity index (χ1n) is 9.68. The highest BCUT2D eigenvalue weighted by Crippen LogP contribution is 2.35. The van der Waals surface area contributed by atoms with Crippen molar-refractivity contribution in [2.75, 3.05) is 0 Å². The maximum atomic E-state index is 12.9. The summed E-state index contributed by atoms with van der Waals surface area (Å²) in [6.07, 6.45) is 7.62. The zero-order valence-electron chi connectivity index (χ0n) is 16.4. The van der Waals surface area contributed by atoms with E-state index in [1.807, 2.05) is 19.9 Å². The van der Waals surface area contributed by atoms with E-state index in [2.05, 4.69) is 34.1 Å². The highest BCUT2D eigenvalue weighted by atomic mass is 16.5. The molecule has 1 aliphatic carbocycles. The van der Waals surface area contributed by atoms with Crippen molar-refractivity contribution in [1.82, 2.24) is 19.7 Å². The second-order valence-electron chi connectivity index (χ2n) is 7.49. The largest absolute Gasteiger partial charge is 0.491 e. The highest BCUT2D eigenvalue weighted by molar-refractivity contribution is 5.43. The molecule has 1 aromatic carbocycles. The van der Waals surface area contributed by atoms with E-state index in [0.29, 0.717) is 11.9 Å². The molecule has 1 atom stereocenters. The van der Waals surface area contributed by atoms with Gasteiger partial charge in [0.2, 0.25) is 0 Å². The van der Waals surface area contributed by atoms with Gasteiger partial charge in [0.25, 0.3) is 11.5 Å². The zero-order valence-corrected chi connectivity index (χ0v) is 16.4. The molecule has 0 saturated carbocycles. The standard InChI is InChI=1S/C22H24N4O2/c1-14(2)28-20-7-4-6-18(15(20)3)16-8-9-19-17(12-16)13-25-26(21(19)27)22-23-10-5-11-24-22/h4-7,10-11,13-14,16H,8-9,12H2,1-3H3. The summed E-state index contributed by atoms with van der Waals surface area (Å²) in [4.78, 5) is 21.2. The van der Waals surface area contributed by atoms with Crippen LogP contribution in [0.2, 0.25) is 0 Å². The van der Waals surface area contributed by atoms with E-state index in [0.717, 1.165) is 36.1 Å². The third kappa shape index (κ3) is 3.42. The average molecular weight is 376 g/mol. The van der Waals surface area contributed by atoms with Crippen molar-refractivity contribution >= 4 is 0 Å². The van der Waals surface area contributed by atoms with Crippen molar-refractivity contribution in [2.24, 2.45) is 0 Å². The monoisotopic (exact) mass is 376 g/mol. The first-order chi connectivity index (χ1) is 13.5. The molecule has 0 N–H and O–H groups in total. The Hall–Kier alpha value is -3.02. The van der Waals surface area contributed by atoms with Crippen molar-refractivity contribution in [3.63, 3.8) is 0 Å². The van der Waals surface area contributed by atoms with Gasteiger partial charge in [-0.3, -0.25) is 4.79 Å². The first-order valence-corrected chi connectivity index (χ1v) is 9.68. The molecule has 0 amide bonds. The van der Waals surface area contributed by atoms with Gasteiger partial charge < -0.3 is 4.74 Å². The molecule has 0 radical (unpaired) electrons. The number of benzene rings is 1. The van der Waals surface area contributed by atoms with E-state index in [1.165, 1.54) is 15.8 Å². The minimum absolute atomic E-state index is 0.115. The molecule has 1 unspecified atom stereocenters. The lowest BCUT2D eigenvalue weighted by Gasteiger charge is -2.26. The molecular formula is C22H24N4O2. The highest BCUT2D eigenvalue weighted by Gasteiger charge is 2.26. The third-order valence-electron chi connectivity index (χ3n) is 5.25. The summed E-state index contributed by atoms with van der Waals surface area (Å²) in [6.45, 7) is 6.19. The van der Waals surface area contributed by atoms with Gasteiger partial charge >= 0.3 is 0 Å². The minimum Gasteiger partial charge on any atom is -0.491 e. The second-order valence-corrected chi connectivity index (χ2v) is 7.49. The molecule has 0 bridgehead atoms. The molecule has 2 heterocycles. The van der Waals surface area contributed by atoms with Gasteiger partial charge in [-0.05, 0) is 74.8 Å². The lowest BCUT2D eigenvalue weighted by atomic mass is 9.79. The summed E-state index contributed by atoms with van der Waals surface area (Å²) >= 11 is 0. The molecule has 144 valence electrons. The van der Waals surface area contributed by atoms with Crippen molar-refractivity contribution < 1.29 is 4.74 Å². The number of rotatable bonds is 4. The van der Waals surface area contributed by atoms with E-state index >= 15 is 0 Å². The predicted octanol–water partition coefficient (Wildman–Crippen LogP) is 3.39. The van der Waals surface area contributed by atoms with Crippen molar-refractivity contribution in [3.8, 4) is 11.7 Å². The quantitative estimate of drug-likeness (QED) is 0.698. The molecule has 2 aromatic heterocycles. The Balaban J connectivity index is 1.65. The molecule has 4 rings (SSSR count). The minimum atomic E-state index is -0.115. The molecule has 0 aliphatic heterocycles. The van der Waals surface area contributed by atoms with Gasteiger partial charge in [-0.25, -0.2) is 9.97 Å². The van der Waals surface area contributed by atoms with Gasteiger partial charge in [-0.1, -0.05) is 12.1 Å². The van der Waals surface area contributed by atoms with Crippen LogP contribution >= 0.6 is 0 Å². The average Bonchev–Trinajstić information content (AvgIpc) is 2.70. The Morgan fingerprint density at radius 1 is 1.18 bits per heavy atom. The summed E-state index contributed by atoms with van der Waals surface area (Å²) in [6, 6.07) is 7.97. The fourth-order valence-corrected chi connectivity index (χ4v) is 3.92. The van der Waals surface area contributed by atoms with Gasteiger partial charge in [0.1, 0.15) is 5.75 Å². The van der Waals surface area contributed by atoms with Crippen LogP contribution in [0.1, 0.15) is 48.4 Å². The van der Waals surface area contributed by atoms with Gasteiger partial charge in [0.15, 0.2) is 0 Å². The lowest BCUT2D eigenvalue weighted by Crippen LogP contribution is -2.30. The van der Waals surface area contributed by atoms with Crippen LogP contribution in [-0.4, -0.2) is 25.9 Å². The Kier molecular flexibility index (Phi) is 4.94. The van der Waals surface area contributed by atoms with E-state index in [9.17, 15) is 4.79 Å². The zero-order chi connectivity index (χ0) is 19.7. The van der Waals surface area contributed by atoms with E-state index < -0.39 is 0 Å². The van der Waals surface area contributed by atoms with Gasteiger partial charge in [-0.15, -0.1) is 0 Å². The summed E-state index contributed by atoms with van der Waals surface area (Å²) in [5.74, 6) is 1.60. The second kappa shape index (κ2) is 7.54. The predicted molar refractivity (Wildman–Crippen MR) is 107 cm³/mol. The smallest absolute Gasteiger partial charge is 0.277 e. The number of aromatic nitrogens is 4. The molecule has 6 heteroatoms. The molecule has 0 fully saturated rings. The maximum Gasteiger partial charge on any atom is 0.277 e. The lowest BCUT2D eigenvalue weighted by molar-refractivity contribution is 0.240. The summed E-state index contributed by atoms with van der Waals surface area (Å²) in [5, 5.41) is 4.32. The van der Waals surface area contributed by atoms with Crippen molar-refractivity contribution in [2.45, 2.75) is 52.1 Å². The molecule has 28 heavy (non-hydrogen) atoms. The van der Waals surface area contributed by atoms with Gasteiger partial charge in [-0.2, -0.15) is 9.78 Å². The van der Waals surface area contributed by atoms with Crippen LogP contribution in [0.5, 0.6) is 5.75 Å². The molecule has 0 spiro atoms. The Morgan fingerprint density at radius 3 is 2.71 bits per heavy atom. The van der Waals surface area contributed by atoms with Gasteiger partial charge in [0, 0.05) is 18.0 Å². The molecule has 0 saturated heterocycles. The number of hydrogen-bond donors (Lipinski definition) is 0. The van der Waals surface area contributed by atoms with Crippen LogP contribution in [0, 0.1) is 6.92 Å². The summed E-state index contributed by atoms with van der Waals surface area (Å²) in [5.41, 5.74) is 4.20. The van der Waals surface area contributed by atoms with Crippen LogP contribution < -0.4 is 10.3 Å². The summed E-state index contributed by atoms with van der Waals surface area (Å²) in [7, 11) is 0. The maximum absolute atomic E-state index is 12.9. The van der Waals surface area contributed by atoms with E-state index in [1.54, 1.807) is 24.7 Å². The molecule has 6 nitrogen and oxygen atoms in total. The van der Waals surface area contributed by atoms with Crippen LogP contribution in [0.4, 0.5) is 0 Å². The van der Waals surface area contributed by atoms with Crippen LogP contribution in [0.15, 0.2) is 47.7 Å². The Labute approximate surface area is 164 Å². The number of fused-ring (bicyclic) bond motifs is 1. The molecular weight excluding hydrogens is 352 g/mol. The van der Waals surface area contributed by atoms with Crippen LogP contribution in [0.25, 0.3) is 5.95 Å². The van der Waals surface area contributed by atoms with E-state index in [-0.39, 0.29) is 11.7 Å². The SMILES string of the molecule is Cc1c(OC(C)C)cccc1C1CCc2c(cnn(-c3ncccn3)c2=O)C1.